The van der Waals surface area contributed by atoms with Crippen LogP contribution in [0, 0.1) is 0 Å². The van der Waals surface area contributed by atoms with E-state index in [0.717, 1.165) is 22.0 Å². The number of hydrogen-bond acceptors (Lipinski definition) is 7. The van der Waals surface area contributed by atoms with Crippen LogP contribution in [0.1, 0.15) is 24.0 Å². The molecular weight excluding hydrogens is 522 g/mol. The van der Waals surface area contributed by atoms with Crippen LogP contribution in [-0.4, -0.2) is 71.6 Å². The van der Waals surface area contributed by atoms with Crippen molar-refractivity contribution in [1.82, 2.24) is 0 Å². The molecule has 0 fully saturated rings. The van der Waals surface area contributed by atoms with Gasteiger partial charge in [-0.15, -0.1) is 0 Å². The number of aryl methyl sites for hydroxylation is 1. The molecule has 0 amide bonds. The summed E-state index contributed by atoms with van der Waals surface area (Å²) in [5, 5.41) is 1.08. The Morgan fingerprint density at radius 3 is 2.15 bits per heavy atom. The molecule has 0 saturated carbocycles. The van der Waals surface area contributed by atoms with Crippen LogP contribution in [0.3, 0.4) is 0 Å². The number of para-hydroxylation sites is 1. The molecule has 210 valence electrons. The minimum atomic E-state index is -3.93. The number of fused-ring (bicyclic) bond motifs is 2. The molecule has 0 radical (unpaired) electrons. The number of hydrogen-bond donors (Lipinski definition) is 1. The topological polar surface area (TPSA) is 104 Å². The van der Waals surface area contributed by atoms with E-state index in [1.165, 1.54) is 0 Å². The van der Waals surface area contributed by atoms with E-state index < -0.39 is 10.1 Å². The SMILES string of the molecule is O=S(=O)(O)CCCC[n+]1ccc(/C=C/c2ccc3c(c2)OCCOCCOCCOCCO3)c2ccccc21. The van der Waals surface area contributed by atoms with Crippen molar-refractivity contribution in [3.8, 4) is 11.5 Å². The lowest BCUT2D eigenvalue weighted by molar-refractivity contribution is -0.671. The van der Waals surface area contributed by atoms with Crippen LogP contribution >= 0.6 is 0 Å². The van der Waals surface area contributed by atoms with E-state index in [4.69, 9.17) is 28.2 Å². The van der Waals surface area contributed by atoms with Gasteiger partial charge in [-0.25, -0.2) is 0 Å². The van der Waals surface area contributed by atoms with Gasteiger partial charge >= 0.3 is 0 Å². The van der Waals surface area contributed by atoms with Gasteiger partial charge in [0.15, 0.2) is 17.7 Å². The fourth-order valence-corrected chi connectivity index (χ4v) is 4.79. The Hall–Kier alpha value is -3.02. The summed E-state index contributed by atoms with van der Waals surface area (Å²) in [5.74, 6) is 1.08. The number of ether oxygens (including phenoxy) is 5. The first-order chi connectivity index (χ1) is 19.0. The summed E-state index contributed by atoms with van der Waals surface area (Å²) >= 11 is 0. The van der Waals surface area contributed by atoms with Crippen LogP contribution in [0.15, 0.2) is 54.7 Å². The molecule has 0 bridgehead atoms. The molecule has 2 heterocycles. The van der Waals surface area contributed by atoms with E-state index >= 15 is 0 Å². The highest BCUT2D eigenvalue weighted by molar-refractivity contribution is 7.85. The van der Waals surface area contributed by atoms with E-state index in [2.05, 4.69) is 16.7 Å². The van der Waals surface area contributed by atoms with Crippen LogP contribution < -0.4 is 14.0 Å². The van der Waals surface area contributed by atoms with Gasteiger partial charge in [-0.05, 0) is 35.7 Å². The van der Waals surface area contributed by atoms with Gasteiger partial charge in [0.2, 0.25) is 5.52 Å². The number of pyridine rings is 1. The molecule has 0 unspecified atom stereocenters. The molecule has 0 spiro atoms. The minimum absolute atomic E-state index is 0.225. The molecule has 1 N–H and O–H groups in total. The largest absolute Gasteiger partial charge is 0.487 e. The van der Waals surface area contributed by atoms with E-state index in [9.17, 15) is 8.42 Å². The Balaban J connectivity index is 1.48. The molecule has 4 rings (SSSR count). The highest BCUT2D eigenvalue weighted by Crippen LogP contribution is 2.29. The van der Waals surface area contributed by atoms with Crippen molar-refractivity contribution in [3.63, 3.8) is 0 Å². The van der Waals surface area contributed by atoms with Gasteiger partial charge in [0.05, 0.1) is 50.8 Å². The number of nitrogens with zero attached hydrogens (tertiary/aromatic N) is 1. The standard InChI is InChI=1S/C29H35NO8S/c31-39(32,33)22-4-3-12-30-13-11-25(26-5-1-2-6-27(26)30)9-7-24-8-10-28-29(23-24)38-21-19-36-17-15-34-14-16-35-18-20-37-28/h1-2,5-11,13,23H,3-4,12,14-22H2/p+1/b9-7+. The van der Waals surface area contributed by atoms with Crippen molar-refractivity contribution < 1.29 is 41.2 Å². The van der Waals surface area contributed by atoms with Gasteiger partial charge in [0.1, 0.15) is 19.8 Å². The molecule has 0 aliphatic carbocycles. The highest BCUT2D eigenvalue weighted by atomic mass is 32.2. The fraction of sp³-hybridized carbons (Fsp3) is 0.414. The monoisotopic (exact) mass is 558 g/mol. The highest BCUT2D eigenvalue weighted by Gasteiger charge is 2.13. The zero-order valence-electron chi connectivity index (χ0n) is 22.0. The minimum Gasteiger partial charge on any atom is -0.487 e. The molecule has 0 atom stereocenters. The summed E-state index contributed by atoms with van der Waals surface area (Å²) in [5.41, 5.74) is 3.07. The van der Waals surface area contributed by atoms with Crippen LogP contribution in [0.4, 0.5) is 0 Å². The predicted octanol–water partition coefficient (Wildman–Crippen LogP) is 3.79. The maximum atomic E-state index is 11.0. The van der Waals surface area contributed by atoms with Gasteiger partial charge in [0.25, 0.3) is 10.1 Å². The summed E-state index contributed by atoms with van der Waals surface area (Å²) in [6.07, 6.45) is 7.15. The smallest absolute Gasteiger partial charge is 0.264 e. The summed E-state index contributed by atoms with van der Waals surface area (Å²) in [6, 6.07) is 16.0. The molecule has 39 heavy (non-hydrogen) atoms. The van der Waals surface area contributed by atoms with Gasteiger partial charge < -0.3 is 23.7 Å². The second kappa shape index (κ2) is 14.9. The Labute approximate surface area is 229 Å². The molecule has 0 saturated heterocycles. The predicted molar refractivity (Wildman–Crippen MR) is 149 cm³/mol. The molecule has 10 heteroatoms. The third kappa shape index (κ3) is 9.59. The van der Waals surface area contributed by atoms with Crippen LogP contribution in [-0.2, 0) is 30.9 Å². The van der Waals surface area contributed by atoms with E-state index in [-0.39, 0.29) is 5.75 Å². The summed E-state index contributed by atoms with van der Waals surface area (Å²) in [6.45, 7) is 4.44. The first-order valence-corrected chi connectivity index (χ1v) is 14.8. The third-order valence-corrected chi connectivity index (χ3v) is 6.95. The Kier molecular flexibility index (Phi) is 11.1. The second-order valence-electron chi connectivity index (χ2n) is 9.05. The summed E-state index contributed by atoms with van der Waals surface area (Å²) in [7, 11) is -3.93. The lowest BCUT2D eigenvalue weighted by atomic mass is 10.1. The van der Waals surface area contributed by atoms with Gasteiger partial charge in [0, 0.05) is 18.6 Å². The van der Waals surface area contributed by atoms with Gasteiger partial charge in [-0.2, -0.15) is 13.0 Å². The van der Waals surface area contributed by atoms with Crippen molar-refractivity contribution in [2.45, 2.75) is 19.4 Å². The van der Waals surface area contributed by atoms with Crippen molar-refractivity contribution in [2.75, 3.05) is 58.6 Å². The lowest BCUT2D eigenvalue weighted by Crippen LogP contribution is -2.34. The quantitative estimate of drug-likeness (QED) is 0.265. The van der Waals surface area contributed by atoms with Gasteiger partial charge in [-0.3, -0.25) is 4.55 Å². The maximum Gasteiger partial charge on any atom is 0.264 e. The number of unbranched alkanes of at least 4 members (excludes halogenated alkanes) is 1. The summed E-state index contributed by atoms with van der Waals surface area (Å²) < 4.78 is 61.5. The molecule has 9 nitrogen and oxygen atoms in total. The zero-order valence-corrected chi connectivity index (χ0v) is 22.8. The Morgan fingerprint density at radius 2 is 1.44 bits per heavy atom. The number of rotatable bonds is 7. The summed E-state index contributed by atoms with van der Waals surface area (Å²) in [4.78, 5) is 0. The van der Waals surface area contributed by atoms with Crippen molar-refractivity contribution >= 4 is 33.2 Å². The molecular formula is C29H36NO8S+. The third-order valence-electron chi connectivity index (χ3n) is 6.15. The van der Waals surface area contributed by atoms with Crippen molar-refractivity contribution in [1.29, 1.82) is 0 Å². The zero-order chi connectivity index (χ0) is 27.3. The molecule has 2 aromatic carbocycles. The normalized spacial score (nSPS) is 16.1. The fourth-order valence-electron chi connectivity index (χ4n) is 4.22. The second-order valence-corrected chi connectivity index (χ2v) is 10.6. The van der Waals surface area contributed by atoms with E-state index in [1.54, 1.807) is 0 Å². The molecule has 1 aromatic heterocycles. The van der Waals surface area contributed by atoms with Crippen LogP contribution in [0.2, 0.25) is 0 Å². The average molecular weight is 559 g/mol. The number of benzene rings is 2. The Bertz CT molecular complexity index is 1340. The maximum absolute atomic E-state index is 11.0. The van der Waals surface area contributed by atoms with Gasteiger partial charge in [-0.1, -0.05) is 30.4 Å². The van der Waals surface area contributed by atoms with Crippen LogP contribution in [0.25, 0.3) is 23.1 Å². The van der Waals surface area contributed by atoms with Crippen molar-refractivity contribution in [2.24, 2.45) is 0 Å². The molecule has 1 aliphatic heterocycles. The lowest BCUT2D eigenvalue weighted by Gasteiger charge is -2.13. The van der Waals surface area contributed by atoms with Crippen molar-refractivity contribution in [3.05, 3.63) is 65.9 Å². The van der Waals surface area contributed by atoms with Crippen LogP contribution in [0.5, 0.6) is 11.5 Å². The average Bonchev–Trinajstić information content (AvgIpc) is 2.93. The first-order valence-electron chi connectivity index (χ1n) is 13.2. The molecule has 3 aromatic rings. The molecule has 1 aliphatic rings. The number of aromatic nitrogens is 1. The first kappa shape index (κ1) is 29.0. The van der Waals surface area contributed by atoms with E-state index in [1.807, 2.05) is 54.7 Å². The van der Waals surface area contributed by atoms with E-state index in [0.29, 0.717) is 83.7 Å². The Morgan fingerprint density at radius 1 is 0.769 bits per heavy atom.